The van der Waals surface area contributed by atoms with Crippen molar-refractivity contribution < 1.29 is 22.7 Å². The second-order valence-electron chi connectivity index (χ2n) is 3.44. The van der Waals surface area contributed by atoms with Crippen LogP contribution in [-0.4, -0.2) is 18.0 Å². The molecule has 0 aromatic heterocycles. The third-order valence-electron chi connectivity index (χ3n) is 1.90. The van der Waals surface area contributed by atoms with Crippen molar-refractivity contribution in [3.63, 3.8) is 0 Å². The highest BCUT2D eigenvalue weighted by Crippen LogP contribution is 2.36. The number of hydrazine groups is 1. The Labute approximate surface area is 118 Å². The van der Waals surface area contributed by atoms with E-state index >= 15 is 0 Å². The minimum Gasteiger partial charge on any atom is -0.501 e. The molecule has 1 amide bonds. The fourth-order valence-electron chi connectivity index (χ4n) is 1.12. The summed E-state index contributed by atoms with van der Waals surface area (Å²) in [6.45, 7) is 2.23. The number of rotatable bonds is 6. The molecule has 0 unspecified atom stereocenters. The summed E-state index contributed by atoms with van der Waals surface area (Å²) in [6.07, 6.45) is 2.43. The average Bonchev–Trinajstić information content (AvgIpc) is 2.36. The van der Waals surface area contributed by atoms with Crippen molar-refractivity contribution in [1.82, 2.24) is 5.43 Å². The lowest BCUT2D eigenvalue weighted by Crippen LogP contribution is -2.27. The summed E-state index contributed by atoms with van der Waals surface area (Å²) >= 11 is -0.195. The van der Waals surface area contributed by atoms with Gasteiger partial charge in [-0.05, 0) is 43.0 Å². The van der Waals surface area contributed by atoms with Gasteiger partial charge in [-0.2, -0.15) is 13.2 Å². The van der Waals surface area contributed by atoms with Gasteiger partial charge in [-0.15, -0.1) is 0 Å². The molecule has 0 saturated carbocycles. The molecule has 20 heavy (non-hydrogen) atoms. The zero-order valence-electron chi connectivity index (χ0n) is 10.5. The quantitative estimate of drug-likeness (QED) is 0.366. The van der Waals surface area contributed by atoms with E-state index in [4.69, 9.17) is 4.74 Å². The Balaban J connectivity index is 2.44. The summed E-state index contributed by atoms with van der Waals surface area (Å²) in [6, 6.07) is 5.48. The van der Waals surface area contributed by atoms with Gasteiger partial charge in [0.25, 0.3) is 5.91 Å². The standard InChI is InChI=1S/C12H13F3N2O2S/c1-2-19-8-7-11(18)17-16-9-3-5-10(6-4-9)20-12(13,14)15/h3-8,16H,2H2,1H3,(H,17,18)/b8-7+. The summed E-state index contributed by atoms with van der Waals surface area (Å²) < 4.78 is 41.2. The minimum atomic E-state index is -4.31. The second kappa shape index (κ2) is 7.68. The number of halogens is 3. The zero-order chi connectivity index (χ0) is 15.0. The van der Waals surface area contributed by atoms with Crippen LogP contribution in [0.25, 0.3) is 0 Å². The van der Waals surface area contributed by atoms with Crippen LogP contribution in [0.4, 0.5) is 18.9 Å². The molecule has 0 atom stereocenters. The van der Waals surface area contributed by atoms with Crippen LogP contribution in [0.2, 0.25) is 0 Å². The Morgan fingerprint density at radius 1 is 1.35 bits per heavy atom. The molecule has 4 nitrogen and oxygen atoms in total. The van der Waals surface area contributed by atoms with Gasteiger partial charge in [0, 0.05) is 11.0 Å². The van der Waals surface area contributed by atoms with Crippen molar-refractivity contribution in [2.24, 2.45) is 0 Å². The van der Waals surface area contributed by atoms with E-state index in [-0.39, 0.29) is 16.7 Å². The highest BCUT2D eigenvalue weighted by Gasteiger charge is 2.28. The number of ether oxygens (including phenoxy) is 1. The number of thioether (sulfide) groups is 1. The number of amides is 1. The number of nitrogens with one attached hydrogen (secondary N) is 2. The third kappa shape index (κ3) is 6.93. The van der Waals surface area contributed by atoms with Crippen LogP contribution in [-0.2, 0) is 9.53 Å². The molecule has 8 heteroatoms. The number of benzene rings is 1. The van der Waals surface area contributed by atoms with Crippen molar-refractivity contribution in [2.75, 3.05) is 12.0 Å². The lowest BCUT2D eigenvalue weighted by atomic mass is 10.3. The summed E-state index contributed by atoms with van der Waals surface area (Å²) in [7, 11) is 0. The first-order valence-corrected chi connectivity index (χ1v) is 6.42. The van der Waals surface area contributed by atoms with Gasteiger partial charge in [0.2, 0.25) is 0 Å². The van der Waals surface area contributed by atoms with E-state index in [2.05, 4.69) is 10.9 Å². The number of carbonyl (C=O) groups excluding carboxylic acids is 1. The number of hydrogen-bond acceptors (Lipinski definition) is 4. The SMILES string of the molecule is CCO/C=C/C(=O)NNc1ccc(SC(F)(F)F)cc1. The Morgan fingerprint density at radius 2 is 2.00 bits per heavy atom. The topological polar surface area (TPSA) is 50.4 Å². The van der Waals surface area contributed by atoms with E-state index in [0.29, 0.717) is 12.3 Å². The maximum absolute atomic E-state index is 12.1. The van der Waals surface area contributed by atoms with Gasteiger partial charge in [0.05, 0.1) is 18.6 Å². The minimum absolute atomic E-state index is 0.0746. The second-order valence-corrected chi connectivity index (χ2v) is 4.58. The summed E-state index contributed by atoms with van der Waals surface area (Å²) in [5, 5.41) is 0. The van der Waals surface area contributed by atoms with E-state index in [9.17, 15) is 18.0 Å². The highest BCUT2D eigenvalue weighted by molar-refractivity contribution is 8.00. The smallest absolute Gasteiger partial charge is 0.446 e. The van der Waals surface area contributed by atoms with Crippen molar-refractivity contribution in [3.05, 3.63) is 36.6 Å². The number of alkyl halides is 3. The molecule has 2 N–H and O–H groups in total. The lowest BCUT2D eigenvalue weighted by molar-refractivity contribution is -0.116. The van der Waals surface area contributed by atoms with Gasteiger partial charge < -0.3 is 4.74 Å². The van der Waals surface area contributed by atoms with Crippen molar-refractivity contribution >= 4 is 23.4 Å². The molecule has 0 bridgehead atoms. The van der Waals surface area contributed by atoms with Crippen molar-refractivity contribution in [1.29, 1.82) is 0 Å². The van der Waals surface area contributed by atoms with Crippen LogP contribution in [0.5, 0.6) is 0 Å². The summed E-state index contributed by atoms with van der Waals surface area (Å²) in [5.74, 6) is -0.438. The van der Waals surface area contributed by atoms with Crippen LogP contribution in [0.1, 0.15) is 6.92 Å². The van der Waals surface area contributed by atoms with Crippen LogP contribution in [0.3, 0.4) is 0 Å². The molecule has 1 rings (SSSR count). The fourth-order valence-corrected chi connectivity index (χ4v) is 1.66. The maximum atomic E-state index is 12.1. The number of carbonyl (C=O) groups is 1. The fraction of sp³-hybridized carbons (Fsp3) is 0.250. The molecule has 0 radical (unpaired) electrons. The molecular formula is C12H13F3N2O2S. The Kier molecular flexibility index (Phi) is 6.23. The first-order chi connectivity index (χ1) is 9.40. The van der Waals surface area contributed by atoms with E-state index < -0.39 is 11.4 Å². The zero-order valence-corrected chi connectivity index (χ0v) is 11.3. The number of hydrogen-bond donors (Lipinski definition) is 2. The molecule has 0 fully saturated rings. The molecule has 0 heterocycles. The molecule has 110 valence electrons. The largest absolute Gasteiger partial charge is 0.501 e. The van der Waals surface area contributed by atoms with E-state index in [1.54, 1.807) is 6.92 Å². The van der Waals surface area contributed by atoms with Gasteiger partial charge >= 0.3 is 5.51 Å². The molecule has 0 aliphatic rings. The van der Waals surface area contributed by atoms with Crippen LogP contribution >= 0.6 is 11.8 Å². The number of anilines is 1. The first kappa shape index (κ1) is 16.2. The molecule has 1 aromatic rings. The van der Waals surface area contributed by atoms with Crippen molar-refractivity contribution in [3.8, 4) is 0 Å². The van der Waals surface area contributed by atoms with Crippen molar-refractivity contribution in [2.45, 2.75) is 17.3 Å². The summed E-state index contributed by atoms with van der Waals surface area (Å²) in [4.78, 5) is 11.3. The van der Waals surface area contributed by atoms with E-state index in [1.807, 2.05) is 0 Å². The Morgan fingerprint density at radius 3 is 2.55 bits per heavy atom. The molecule has 0 spiro atoms. The Hall–Kier alpha value is -1.83. The predicted octanol–water partition coefficient (Wildman–Crippen LogP) is 3.29. The third-order valence-corrected chi connectivity index (χ3v) is 2.64. The Bertz CT molecular complexity index is 461. The molecule has 0 aliphatic carbocycles. The monoisotopic (exact) mass is 306 g/mol. The molecular weight excluding hydrogens is 293 g/mol. The van der Waals surface area contributed by atoms with Crippen LogP contribution in [0.15, 0.2) is 41.5 Å². The molecule has 1 aromatic carbocycles. The average molecular weight is 306 g/mol. The molecule has 0 aliphatic heterocycles. The maximum Gasteiger partial charge on any atom is 0.446 e. The molecule has 0 saturated heterocycles. The van der Waals surface area contributed by atoms with Gasteiger partial charge in [-0.3, -0.25) is 15.6 Å². The first-order valence-electron chi connectivity index (χ1n) is 5.60. The van der Waals surface area contributed by atoms with Gasteiger partial charge in [-0.1, -0.05) is 0 Å². The van der Waals surface area contributed by atoms with Gasteiger partial charge in [0.1, 0.15) is 0 Å². The normalized spacial score (nSPS) is 11.4. The lowest BCUT2D eigenvalue weighted by Gasteiger charge is -2.08. The van der Waals surface area contributed by atoms with Gasteiger partial charge in [-0.25, -0.2) is 0 Å². The van der Waals surface area contributed by atoms with E-state index in [1.165, 1.54) is 36.6 Å². The van der Waals surface area contributed by atoms with Crippen LogP contribution < -0.4 is 10.9 Å². The predicted molar refractivity (Wildman–Crippen MR) is 70.9 cm³/mol. The summed E-state index contributed by atoms with van der Waals surface area (Å²) in [5.41, 5.74) is 1.06. The van der Waals surface area contributed by atoms with Crippen LogP contribution in [0, 0.1) is 0 Å². The van der Waals surface area contributed by atoms with E-state index in [0.717, 1.165) is 0 Å². The van der Waals surface area contributed by atoms with Gasteiger partial charge in [0.15, 0.2) is 0 Å². The highest BCUT2D eigenvalue weighted by atomic mass is 32.2.